The summed E-state index contributed by atoms with van der Waals surface area (Å²) in [6, 6.07) is 0. The van der Waals surface area contributed by atoms with Crippen LogP contribution in [0.3, 0.4) is 0 Å². The Morgan fingerprint density at radius 2 is 2.11 bits per heavy atom. The van der Waals surface area contributed by atoms with E-state index in [9.17, 15) is 5.11 Å². The van der Waals surface area contributed by atoms with Gasteiger partial charge in [-0.05, 0) is 68.7 Å². The first-order valence-corrected chi connectivity index (χ1v) is 8.11. The van der Waals surface area contributed by atoms with Crippen LogP contribution in [0.4, 0.5) is 0 Å². The van der Waals surface area contributed by atoms with Crippen LogP contribution in [0.25, 0.3) is 0 Å². The molecule has 0 aromatic heterocycles. The lowest BCUT2D eigenvalue weighted by Gasteiger charge is -2.64. The Balaban J connectivity index is 1.75. The zero-order valence-corrected chi connectivity index (χ0v) is 11.4. The van der Waals surface area contributed by atoms with E-state index < -0.39 is 0 Å². The van der Waals surface area contributed by atoms with Crippen molar-refractivity contribution in [1.82, 2.24) is 4.90 Å². The van der Waals surface area contributed by atoms with Crippen molar-refractivity contribution >= 4 is 0 Å². The predicted molar refractivity (Wildman–Crippen MR) is 70.1 cm³/mol. The van der Waals surface area contributed by atoms with Crippen molar-refractivity contribution in [2.24, 2.45) is 29.1 Å². The highest BCUT2D eigenvalue weighted by atomic mass is 16.3. The number of hydrogen-bond acceptors (Lipinski definition) is 2. The molecular weight excluding hydrogens is 222 g/mol. The molecule has 1 N–H and O–H groups in total. The van der Waals surface area contributed by atoms with Crippen molar-refractivity contribution in [3.8, 4) is 0 Å². The molecule has 1 spiro atoms. The van der Waals surface area contributed by atoms with Gasteiger partial charge in [0.05, 0.1) is 6.10 Å². The number of hydrogen-bond donors (Lipinski definition) is 1. The van der Waals surface area contributed by atoms with E-state index in [0.717, 1.165) is 30.1 Å². The summed E-state index contributed by atoms with van der Waals surface area (Å²) in [5, 5.41) is 10.9. The molecule has 0 aromatic rings. The van der Waals surface area contributed by atoms with E-state index in [1.807, 2.05) is 0 Å². The summed E-state index contributed by atoms with van der Waals surface area (Å²) in [7, 11) is 0. The summed E-state index contributed by atoms with van der Waals surface area (Å²) < 4.78 is 0. The molecule has 0 aromatic carbocycles. The third-order valence-electron chi connectivity index (χ3n) is 7.76. The van der Waals surface area contributed by atoms with Crippen LogP contribution in [0.1, 0.15) is 45.4 Å². The largest absolute Gasteiger partial charge is 0.392 e. The van der Waals surface area contributed by atoms with Gasteiger partial charge in [0, 0.05) is 17.5 Å². The average Bonchev–Trinajstić information content (AvgIpc) is 2.59. The van der Waals surface area contributed by atoms with Crippen molar-refractivity contribution in [3.63, 3.8) is 0 Å². The molecule has 0 amide bonds. The van der Waals surface area contributed by atoms with E-state index in [1.54, 1.807) is 0 Å². The summed E-state index contributed by atoms with van der Waals surface area (Å²) in [5.74, 6) is 3.49. The molecule has 0 radical (unpaired) electrons. The lowest BCUT2D eigenvalue weighted by atomic mass is 9.48. The van der Waals surface area contributed by atoms with Crippen LogP contribution in [-0.2, 0) is 0 Å². The molecule has 5 aliphatic rings. The molecule has 6 bridgehead atoms. The summed E-state index contributed by atoms with van der Waals surface area (Å²) in [4.78, 5) is 2.85. The van der Waals surface area contributed by atoms with Crippen LogP contribution in [0, 0.1) is 29.1 Å². The van der Waals surface area contributed by atoms with E-state index in [4.69, 9.17) is 0 Å². The Kier molecular flexibility index (Phi) is 1.77. The second kappa shape index (κ2) is 2.98. The quantitative estimate of drug-likeness (QED) is 0.710. The van der Waals surface area contributed by atoms with E-state index >= 15 is 0 Å². The maximum absolute atomic E-state index is 10.9. The Morgan fingerprint density at radius 1 is 1.22 bits per heavy atom. The minimum absolute atomic E-state index is 0.0176. The second-order valence-corrected chi connectivity index (χ2v) is 8.11. The molecule has 8 atom stereocenters. The maximum atomic E-state index is 10.9. The van der Waals surface area contributed by atoms with Crippen molar-refractivity contribution in [3.05, 3.63) is 0 Å². The number of aliphatic hydroxyl groups is 1. The standard InChI is InChI=1S/C16H25NO/c1-10-5-11-6-14(18)15-3-2-4-17-9-12(15)7-13(11)16(15,17)8-10/h10-14,18H,2-9H2,1H3/t10?,11?,12-,13?,14?,15?,16-/m1/s1. The molecule has 6 unspecified atom stereocenters. The third kappa shape index (κ3) is 0.841. The number of rotatable bonds is 0. The van der Waals surface area contributed by atoms with Gasteiger partial charge in [-0.3, -0.25) is 4.90 Å². The zero-order valence-electron chi connectivity index (χ0n) is 11.4. The van der Waals surface area contributed by atoms with Gasteiger partial charge < -0.3 is 5.11 Å². The highest BCUT2D eigenvalue weighted by molar-refractivity contribution is 5.30. The van der Waals surface area contributed by atoms with Gasteiger partial charge in [-0.25, -0.2) is 0 Å². The second-order valence-electron chi connectivity index (χ2n) is 8.11. The van der Waals surface area contributed by atoms with Crippen molar-refractivity contribution < 1.29 is 5.11 Å². The van der Waals surface area contributed by atoms with E-state index in [1.165, 1.54) is 45.2 Å². The van der Waals surface area contributed by atoms with Crippen LogP contribution < -0.4 is 0 Å². The van der Waals surface area contributed by atoms with Crippen LogP contribution in [0.15, 0.2) is 0 Å². The highest BCUT2D eigenvalue weighted by Crippen LogP contribution is 2.75. The fourth-order valence-electron chi connectivity index (χ4n) is 7.71. The van der Waals surface area contributed by atoms with Gasteiger partial charge >= 0.3 is 0 Å². The molecule has 3 aliphatic carbocycles. The third-order valence-corrected chi connectivity index (χ3v) is 7.76. The lowest BCUT2D eigenvalue weighted by molar-refractivity contribution is -0.175. The molecule has 2 nitrogen and oxygen atoms in total. The Morgan fingerprint density at radius 3 is 3.00 bits per heavy atom. The molecular formula is C16H25NO. The topological polar surface area (TPSA) is 23.5 Å². The molecule has 2 saturated heterocycles. The Bertz CT molecular complexity index is 410. The molecule has 100 valence electrons. The van der Waals surface area contributed by atoms with Crippen molar-refractivity contribution in [2.75, 3.05) is 13.1 Å². The Hall–Kier alpha value is -0.0800. The maximum Gasteiger partial charge on any atom is 0.0620 e. The molecule has 2 aliphatic heterocycles. The molecule has 18 heavy (non-hydrogen) atoms. The molecule has 2 heteroatoms. The molecule has 5 fully saturated rings. The minimum Gasteiger partial charge on any atom is -0.392 e. The minimum atomic E-state index is 0.0176. The normalized spacial score (nSPS) is 68.3. The highest BCUT2D eigenvalue weighted by Gasteiger charge is 2.78. The van der Waals surface area contributed by atoms with Gasteiger partial charge in [-0.1, -0.05) is 6.92 Å². The SMILES string of the molecule is CC1CC2CC(O)C34CCCN5C[C@H]3CC2[C@@]54C1. The Labute approximate surface area is 110 Å². The monoisotopic (exact) mass is 247 g/mol. The lowest BCUT2D eigenvalue weighted by Crippen LogP contribution is -2.69. The predicted octanol–water partition coefficient (Wildman–Crippen LogP) is 2.27. The summed E-state index contributed by atoms with van der Waals surface area (Å²) >= 11 is 0. The molecule has 5 rings (SSSR count). The van der Waals surface area contributed by atoms with Crippen molar-refractivity contribution in [2.45, 2.75) is 57.1 Å². The number of piperidine rings is 2. The van der Waals surface area contributed by atoms with Crippen LogP contribution in [0.5, 0.6) is 0 Å². The first kappa shape index (κ1) is 10.7. The van der Waals surface area contributed by atoms with Gasteiger partial charge in [0.15, 0.2) is 0 Å². The molecule has 2 heterocycles. The van der Waals surface area contributed by atoms with Crippen LogP contribution >= 0.6 is 0 Å². The first-order valence-electron chi connectivity index (χ1n) is 8.11. The smallest absolute Gasteiger partial charge is 0.0620 e. The van der Waals surface area contributed by atoms with Gasteiger partial charge in [0.2, 0.25) is 0 Å². The molecule has 3 saturated carbocycles. The van der Waals surface area contributed by atoms with Gasteiger partial charge in [0.25, 0.3) is 0 Å². The van der Waals surface area contributed by atoms with Crippen molar-refractivity contribution in [1.29, 1.82) is 0 Å². The van der Waals surface area contributed by atoms with E-state index in [-0.39, 0.29) is 6.10 Å². The summed E-state index contributed by atoms with van der Waals surface area (Å²) in [6.45, 7) is 5.10. The van der Waals surface area contributed by atoms with Crippen LogP contribution in [0.2, 0.25) is 0 Å². The fraction of sp³-hybridized carbons (Fsp3) is 1.00. The van der Waals surface area contributed by atoms with Crippen LogP contribution in [-0.4, -0.2) is 34.7 Å². The fourth-order valence-corrected chi connectivity index (χ4v) is 7.71. The number of nitrogens with zero attached hydrogens (tertiary/aromatic N) is 1. The van der Waals surface area contributed by atoms with Gasteiger partial charge in [-0.2, -0.15) is 0 Å². The average molecular weight is 247 g/mol. The van der Waals surface area contributed by atoms with Gasteiger partial charge in [0.1, 0.15) is 0 Å². The van der Waals surface area contributed by atoms with E-state index in [2.05, 4.69) is 11.8 Å². The zero-order chi connectivity index (χ0) is 12.1. The summed E-state index contributed by atoms with van der Waals surface area (Å²) in [6.07, 6.45) is 8.03. The summed E-state index contributed by atoms with van der Waals surface area (Å²) in [5.41, 5.74) is 0.761. The first-order chi connectivity index (χ1) is 8.68. The van der Waals surface area contributed by atoms with E-state index in [0.29, 0.717) is 11.0 Å². The van der Waals surface area contributed by atoms with Gasteiger partial charge in [-0.15, -0.1) is 0 Å². The number of aliphatic hydroxyl groups excluding tert-OH is 1.